The van der Waals surface area contributed by atoms with Crippen molar-refractivity contribution in [2.75, 3.05) is 20.6 Å². The van der Waals surface area contributed by atoms with E-state index >= 15 is 0 Å². The standard InChI is InChI=1S/C17H24N2O/c1-17(2,18(3)4)12-19-10-9-13-14-6-5-11-20-16(14)8-7-15(13)19/h7-10H,5-6,11-12H2,1-4H3/i3D3,4D3,12D2. The molecule has 1 aliphatic rings. The average Bonchev–Trinajstić information content (AvgIpc) is 2.96. The van der Waals surface area contributed by atoms with Crippen molar-refractivity contribution < 1.29 is 15.7 Å². The van der Waals surface area contributed by atoms with Gasteiger partial charge in [0.25, 0.3) is 0 Å². The summed E-state index contributed by atoms with van der Waals surface area (Å²) in [4.78, 5) is 0.306. The highest BCUT2D eigenvalue weighted by Gasteiger charge is 2.22. The first-order valence-electron chi connectivity index (χ1n) is 10.8. The van der Waals surface area contributed by atoms with Crippen molar-refractivity contribution in [2.45, 2.75) is 38.7 Å². The van der Waals surface area contributed by atoms with Crippen molar-refractivity contribution >= 4 is 10.9 Å². The van der Waals surface area contributed by atoms with Crippen LogP contribution >= 0.6 is 0 Å². The number of hydrogen-bond acceptors (Lipinski definition) is 2. The molecule has 2 aromatic rings. The van der Waals surface area contributed by atoms with Crippen molar-refractivity contribution in [3.63, 3.8) is 0 Å². The first-order valence-corrected chi connectivity index (χ1v) is 6.76. The summed E-state index contributed by atoms with van der Waals surface area (Å²) in [6.07, 6.45) is 3.21. The quantitative estimate of drug-likeness (QED) is 0.858. The number of ether oxygens (including phenoxy) is 1. The van der Waals surface area contributed by atoms with Crippen molar-refractivity contribution in [1.82, 2.24) is 9.47 Å². The fourth-order valence-electron chi connectivity index (χ4n) is 2.52. The number of nitrogens with zero attached hydrogens (tertiary/aromatic N) is 2. The van der Waals surface area contributed by atoms with Gasteiger partial charge in [0.1, 0.15) is 5.75 Å². The molecule has 0 spiro atoms. The number of aryl methyl sites for hydroxylation is 1. The van der Waals surface area contributed by atoms with Gasteiger partial charge in [-0.15, -0.1) is 0 Å². The molecule has 3 heteroatoms. The maximum atomic E-state index is 8.76. The molecule has 20 heavy (non-hydrogen) atoms. The van der Waals surface area contributed by atoms with Crippen LogP contribution in [0.4, 0.5) is 0 Å². The Labute approximate surface area is 132 Å². The van der Waals surface area contributed by atoms with Gasteiger partial charge in [-0.25, -0.2) is 0 Å². The lowest BCUT2D eigenvalue weighted by Gasteiger charge is -2.33. The Balaban J connectivity index is 2.16. The number of likely N-dealkylation sites (N-methyl/N-ethyl adjacent to an activating group) is 1. The molecule has 0 aliphatic carbocycles. The highest BCUT2D eigenvalue weighted by atomic mass is 16.5. The first-order chi connectivity index (χ1) is 12.7. The molecular weight excluding hydrogens is 248 g/mol. The van der Waals surface area contributed by atoms with Crippen LogP contribution in [-0.2, 0) is 12.9 Å². The summed E-state index contributed by atoms with van der Waals surface area (Å²) < 4.78 is 70.7. The summed E-state index contributed by atoms with van der Waals surface area (Å²) in [6, 6.07) is 5.27. The third kappa shape index (κ3) is 2.20. The number of hydrogen-bond donors (Lipinski definition) is 0. The van der Waals surface area contributed by atoms with Crippen LogP contribution in [0, 0.1) is 0 Å². The molecule has 0 N–H and O–H groups in total. The molecule has 0 bridgehead atoms. The summed E-state index contributed by atoms with van der Waals surface area (Å²) in [5.41, 5.74) is -0.319. The van der Waals surface area contributed by atoms with Crippen LogP contribution in [0.5, 0.6) is 5.75 Å². The average molecular weight is 280 g/mol. The maximum Gasteiger partial charge on any atom is 0.123 e. The number of benzene rings is 1. The second kappa shape index (κ2) is 4.81. The second-order valence-corrected chi connectivity index (χ2v) is 5.62. The van der Waals surface area contributed by atoms with Crippen LogP contribution in [0.15, 0.2) is 24.4 Å². The molecule has 0 radical (unpaired) electrons. The zero-order chi connectivity index (χ0) is 21.1. The molecule has 3 rings (SSSR count). The van der Waals surface area contributed by atoms with Crippen molar-refractivity contribution in [3.8, 4) is 5.75 Å². The number of rotatable bonds is 3. The van der Waals surface area contributed by atoms with Gasteiger partial charge in [0.15, 0.2) is 0 Å². The van der Waals surface area contributed by atoms with E-state index in [1.165, 1.54) is 18.4 Å². The van der Waals surface area contributed by atoms with Gasteiger partial charge in [-0.2, -0.15) is 0 Å². The van der Waals surface area contributed by atoms with E-state index in [0.29, 0.717) is 17.0 Å². The predicted molar refractivity (Wildman–Crippen MR) is 83.5 cm³/mol. The predicted octanol–water partition coefficient (Wildman–Crippen LogP) is 3.31. The molecule has 0 atom stereocenters. The van der Waals surface area contributed by atoms with Crippen LogP contribution < -0.4 is 4.74 Å². The SMILES string of the molecule is [2H]C([2H])([2H])N(C([2H])([2H])[2H])C(C)(C)C([2H])([2H])n1ccc2c3c(ccc21)OCCC3. The van der Waals surface area contributed by atoms with E-state index in [1.54, 1.807) is 24.4 Å². The van der Waals surface area contributed by atoms with Gasteiger partial charge in [-0.3, -0.25) is 0 Å². The molecule has 0 amide bonds. The third-order valence-corrected chi connectivity index (χ3v) is 3.72. The molecule has 0 fully saturated rings. The van der Waals surface area contributed by atoms with E-state index in [0.717, 1.165) is 29.5 Å². The van der Waals surface area contributed by atoms with Gasteiger partial charge in [-0.05, 0) is 58.8 Å². The van der Waals surface area contributed by atoms with E-state index in [9.17, 15) is 0 Å². The van der Waals surface area contributed by atoms with Gasteiger partial charge in [0, 0.05) is 42.9 Å². The molecule has 0 unspecified atom stereocenters. The Morgan fingerprint density at radius 1 is 1.40 bits per heavy atom. The summed E-state index contributed by atoms with van der Waals surface area (Å²) >= 11 is 0. The minimum absolute atomic E-state index is 0.306. The second-order valence-electron chi connectivity index (χ2n) is 5.62. The zero-order valence-corrected chi connectivity index (χ0v) is 11.7. The van der Waals surface area contributed by atoms with Crippen molar-refractivity contribution in [2.24, 2.45) is 0 Å². The maximum absolute atomic E-state index is 8.76. The lowest BCUT2D eigenvalue weighted by atomic mass is 10.0. The molecule has 3 nitrogen and oxygen atoms in total. The van der Waals surface area contributed by atoms with Gasteiger partial charge >= 0.3 is 0 Å². The van der Waals surface area contributed by atoms with Crippen molar-refractivity contribution in [1.29, 1.82) is 0 Å². The van der Waals surface area contributed by atoms with Crippen LogP contribution in [0.1, 0.15) is 36.8 Å². The van der Waals surface area contributed by atoms with E-state index in [4.69, 9.17) is 15.7 Å². The smallest absolute Gasteiger partial charge is 0.123 e. The van der Waals surface area contributed by atoms with Gasteiger partial charge in [0.2, 0.25) is 0 Å². The third-order valence-electron chi connectivity index (χ3n) is 3.72. The summed E-state index contributed by atoms with van der Waals surface area (Å²) in [6.45, 7) is -5.09. The Bertz CT molecular complexity index is 868. The van der Waals surface area contributed by atoms with Gasteiger partial charge in [-0.1, -0.05) is 0 Å². The Morgan fingerprint density at radius 3 is 3.05 bits per heavy atom. The van der Waals surface area contributed by atoms with E-state index in [1.807, 2.05) is 0 Å². The van der Waals surface area contributed by atoms with Crippen LogP contribution in [-0.4, -0.2) is 35.6 Å². The molecule has 108 valence electrons. The summed E-state index contributed by atoms with van der Waals surface area (Å²) in [5.74, 6) is 0.767. The minimum Gasteiger partial charge on any atom is -0.493 e. The molecule has 2 heterocycles. The van der Waals surface area contributed by atoms with E-state index < -0.39 is 26.0 Å². The topological polar surface area (TPSA) is 17.4 Å². The van der Waals surface area contributed by atoms with Crippen molar-refractivity contribution in [3.05, 3.63) is 30.0 Å². The highest BCUT2D eigenvalue weighted by Crippen LogP contribution is 2.33. The fourth-order valence-corrected chi connectivity index (χ4v) is 2.52. The zero-order valence-electron chi connectivity index (χ0n) is 19.7. The Kier molecular flexibility index (Phi) is 1.68. The fraction of sp³-hybridized carbons (Fsp3) is 0.529. The molecular formula is C17H24N2O. The van der Waals surface area contributed by atoms with Gasteiger partial charge < -0.3 is 14.2 Å². The molecule has 0 saturated carbocycles. The lowest BCUT2D eigenvalue weighted by molar-refractivity contribution is 0.171. The number of aromatic nitrogens is 1. The number of fused-ring (bicyclic) bond motifs is 3. The molecule has 1 aromatic carbocycles. The molecule has 0 saturated heterocycles. The summed E-state index contributed by atoms with van der Waals surface area (Å²) in [7, 11) is 0. The minimum atomic E-state index is -3.00. The largest absolute Gasteiger partial charge is 0.493 e. The monoisotopic (exact) mass is 280 g/mol. The van der Waals surface area contributed by atoms with E-state index in [2.05, 4.69) is 0 Å². The lowest BCUT2D eigenvalue weighted by Crippen LogP contribution is -2.41. The highest BCUT2D eigenvalue weighted by molar-refractivity contribution is 5.86. The molecule has 1 aliphatic heterocycles. The molecule has 1 aromatic heterocycles. The Morgan fingerprint density at radius 2 is 2.25 bits per heavy atom. The Hall–Kier alpha value is -1.48. The van der Waals surface area contributed by atoms with E-state index in [-0.39, 0.29) is 0 Å². The van der Waals surface area contributed by atoms with Crippen LogP contribution in [0.3, 0.4) is 0 Å². The van der Waals surface area contributed by atoms with Crippen LogP contribution in [0.2, 0.25) is 0 Å². The first kappa shape index (κ1) is 6.99. The normalized spacial score (nSPS) is 23.4. The van der Waals surface area contributed by atoms with Crippen LogP contribution in [0.25, 0.3) is 10.9 Å². The summed E-state index contributed by atoms with van der Waals surface area (Å²) in [5, 5.41) is 0.825. The van der Waals surface area contributed by atoms with Gasteiger partial charge in [0.05, 0.1) is 9.35 Å².